The summed E-state index contributed by atoms with van der Waals surface area (Å²) in [4.78, 5) is 24.1. The summed E-state index contributed by atoms with van der Waals surface area (Å²) in [5, 5.41) is 2.80. The van der Waals surface area contributed by atoms with Gasteiger partial charge in [0.15, 0.2) is 5.78 Å². The van der Waals surface area contributed by atoms with Gasteiger partial charge in [0, 0.05) is 11.5 Å². The number of hydrogen-bond acceptors (Lipinski definition) is 2. The molecule has 0 bridgehead atoms. The zero-order valence-corrected chi connectivity index (χ0v) is 11.8. The topological polar surface area (TPSA) is 46.2 Å². The predicted octanol–water partition coefficient (Wildman–Crippen LogP) is 2.66. The summed E-state index contributed by atoms with van der Waals surface area (Å²) in [7, 11) is 0. The van der Waals surface area contributed by atoms with E-state index in [4.69, 9.17) is 0 Å². The van der Waals surface area contributed by atoms with E-state index in [0.29, 0.717) is 0 Å². The molecule has 1 saturated carbocycles. The van der Waals surface area contributed by atoms with Crippen molar-refractivity contribution in [3.63, 3.8) is 0 Å². The number of ketones is 1. The van der Waals surface area contributed by atoms with E-state index in [1.807, 2.05) is 12.1 Å². The Morgan fingerprint density at radius 2 is 1.80 bits per heavy atom. The lowest BCUT2D eigenvalue weighted by molar-refractivity contribution is -0.124. The Bertz CT molecular complexity index is 530. The van der Waals surface area contributed by atoms with E-state index < -0.39 is 0 Å². The van der Waals surface area contributed by atoms with Crippen molar-refractivity contribution >= 4 is 11.7 Å². The molecule has 1 amide bonds. The van der Waals surface area contributed by atoms with E-state index in [1.54, 1.807) is 0 Å². The smallest absolute Gasteiger partial charge is 0.223 e. The summed E-state index contributed by atoms with van der Waals surface area (Å²) < 4.78 is 0. The average Bonchev–Trinajstić information content (AvgIpc) is 3.13. The molecule has 0 heterocycles. The van der Waals surface area contributed by atoms with E-state index in [0.717, 1.165) is 44.1 Å². The standard InChI is InChI=1S/C17H21NO2/c19-16(11-18-17(20)13-4-1-2-5-13)15-9-8-12-6-3-7-14(12)10-15/h8-10,13H,1-7,11H2,(H,18,20). The van der Waals surface area contributed by atoms with Crippen LogP contribution in [0.25, 0.3) is 0 Å². The number of carbonyl (C=O) groups excluding carboxylic acids is 2. The maximum Gasteiger partial charge on any atom is 0.223 e. The lowest BCUT2D eigenvalue weighted by atomic mass is 10.0. The minimum absolute atomic E-state index is 0.0195. The molecule has 2 aliphatic rings. The van der Waals surface area contributed by atoms with Gasteiger partial charge >= 0.3 is 0 Å². The summed E-state index contributed by atoms with van der Waals surface area (Å²) in [5.74, 6) is 0.200. The first kappa shape index (κ1) is 13.3. The van der Waals surface area contributed by atoms with Gasteiger partial charge in [0.2, 0.25) is 5.91 Å². The van der Waals surface area contributed by atoms with E-state index in [1.165, 1.54) is 17.5 Å². The molecular formula is C17H21NO2. The largest absolute Gasteiger partial charge is 0.348 e. The maximum atomic E-state index is 12.1. The predicted molar refractivity (Wildman–Crippen MR) is 77.8 cm³/mol. The molecule has 3 heteroatoms. The first-order valence-corrected chi connectivity index (χ1v) is 7.67. The summed E-state index contributed by atoms with van der Waals surface area (Å²) in [6.07, 6.45) is 7.60. The monoisotopic (exact) mass is 271 g/mol. The highest BCUT2D eigenvalue weighted by Gasteiger charge is 2.23. The van der Waals surface area contributed by atoms with Crippen molar-refractivity contribution in [3.05, 3.63) is 34.9 Å². The molecule has 0 aromatic heterocycles. The summed E-state index contributed by atoms with van der Waals surface area (Å²) in [6.45, 7) is 0.133. The van der Waals surface area contributed by atoms with Crippen molar-refractivity contribution in [1.82, 2.24) is 5.32 Å². The fourth-order valence-corrected chi connectivity index (χ4v) is 3.35. The quantitative estimate of drug-likeness (QED) is 0.856. The van der Waals surface area contributed by atoms with Gasteiger partial charge in [-0.15, -0.1) is 0 Å². The molecular weight excluding hydrogens is 250 g/mol. The molecule has 0 aliphatic heterocycles. The van der Waals surface area contributed by atoms with Crippen LogP contribution in [0.4, 0.5) is 0 Å². The van der Waals surface area contributed by atoms with Crippen LogP contribution in [0.2, 0.25) is 0 Å². The first-order chi connectivity index (χ1) is 9.74. The Morgan fingerprint density at radius 1 is 1.05 bits per heavy atom. The molecule has 1 N–H and O–H groups in total. The van der Waals surface area contributed by atoms with Crippen LogP contribution in [0.1, 0.15) is 53.6 Å². The van der Waals surface area contributed by atoms with E-state index >= 15 is 0 Å². The van der Waals surface area contributed by atoms with E-state index in [2.05, 4.69) is 11.4 Å². The molecule has 1 aromatic rings. The summed E-state index contributed by atoms with van der Waals surface area (Å²) in [5.41, 5.74) is 3.41. The Kier molecular flexibility index (Phi) is 3.86. The normalized spacial score (nSPS) is 18.0. The summed E-state index contributed by atoms with van der Waals surface area (Å²) >= 11 is 0. The SMILES string of the molecule is O=C(CNC(=O)C1CCCC1)c1ccc2c(c1)CCC2. The van der Waals surface area contributed by atoms with Crippen LogP contribution in [0.3, 0.4) is 0 Å². The average molecular weight is 271 g/mol. The van der Waals surface area contributed by atoms with Crippen LogP contribution in [0.5, 0.6) is 0 Å². The lowest BCUT2D eigenvalue weighted by Crippen LogP contribution is -2.33. The third-order valence-electron chi connectivity index (χ3n) is 4.57. The van der Waals surface area contributed by atoms with Crippen LogP contribution in [0, 0.1) is 5.92 Å². The first-order valence-electron chi connectivity index (χ1n) is 7.67. The minimum Gasteiger partial charge on any atom is -0.348 e. The molecule has 106 valence electrons. The van der Waals surface area contributed by atoms with Gasteiger partial charge in [0.05, 0.1) is 6.54 Å². The van der Waals surface area contributed by atoms with Crippen molar-refractivity contribution in [3.8, 4) is 0 Å². The Hall–Kier alpha value is -1.64. The Morgan fingerprint density at radius 3 is 2.60 bits per heavy atom. The van der Waals surface area contributed by atoms with E-state index in [-0.39, 0.29) is 24.2 Å². The maximum absolute atomic E-state index is 12.1. The number of amides is 1. The van der Waals surface area contributed by atoms with Gasteiger partial charge in [-0.05, 0) is 49.3 Å². The van der Waals surface area contributed by atoms with Gasteiger partial charge in [-0.3, -0.25) is 9.59 Å². The molecule has 0 saturated heterocycles. The van der Waals surface area contributed by atoms with Crippen LogP contribution < -0.4 is 5.32 Å². The number of benzene rings is 1. The highest BCUT2D eigenvalue weighted by Crippen LogP contribution is 2.25. The van der Waals surface area contributed by atoms with Crippen molar-refractivity contribution in [2.75, 3.05) is 6.54 Å². The van der Waals surface area contributed by atoms with Crippen LogP contribution in [0.15, 0.2) is 18.2 Å². The van der Waals surface area contributed by atoms with E-state index in [9.17, 15) is 9.59 Å². The highest BCUT2D eigenvalue weighted by atomic mass is 16.2. The van der Waals surface area contributed by atoms with Crippen molar-refractivity contribution < 1.29 is 9.59 Å². The molecule has 0 spiro atoms. The number of hydrogen-bond donors (Lipinski definition) is 1. The second kappa shape index (κ2) is 5.78. The zero-order chi connectivity index (χ0) is 13.9. The molecule has 20 heavy (non-hydrogen) atoms. The fourth-order valence-electron chi connectivity index (χ4n) is 3.35. The second-order valence-electron chi connectivity index (χ2n) is 5.96. The number of fused-ring (bicyclic) bond motifs is 1. The number of Topliss-reactive ketones (excluding diaryl/α,β-unsaturated/α-hetero) is 1. The zero-order valence-electron chi connectivity index (χ0n) is 11.8. The van der Waals surface area contributed by atoms with Crippen molar-refractivity contribution in [1.29, 1.82) is 0 Å². The van der Waals surface area contributed by atoms with Gasteiger partial charge in [-0.1, -0.05) is 25.0 Å². The molecule has 1 aromatic carbocycles. The fraction of sp³-hybridized carbons (Fsp3) is 0.529. The minimum atomic E-state index is 0.0195. The van der Waals surface area contributed by atoms with Gasteiger partial charge in [-0.25, -0.2) is 0 Å². The molecule has 1 fully saturated rings. The number of rotatable bonds is 4. The second-order valence-corrected chi connectivity index (χ2v) is 5.96. The Labute approximate surface area is 119 Å². The highest BCUT2D eigenvalue weighted by molar-refractivity contribution is 5.99. The molecule has 0 radical (unpaired) electrons. The van der Waals surface area contributed by atoms with Crippen LogP contribution >= 0.6 is 0 Å². The molecule has 0 unspecified atom stereocenters. The Balaban J connectivity index is 1.57. The number of carbonyl (C=O) groups is 2. The molecule has 0 atom stereocenters. The molecule has 2 aliphatic carbocycles. The third-order valence-corrected chi connectivity index (χ3v) is 4.57. The molecule has 3 rings (SSSR count). The third kappa shape index (κ3) is 2.77. The molecule has 3 nitrogen and oxygen atoms in total. The van der Waals surface area contributed by atoms with Crippen molar-refractivity contribution in [2.45, 2.75) is 44.9 Å². The lowest BCUT2D eigenvalue weighted by Gasteiger charge is -2.10. The van der Waals surface area contributed by atoms with Gasteiger partial charge in [-0.2, -0.15) is 0 Å². The number of nitrogens with one attached hydrogen (secondary N) is 1. The number of aryl methyl sites for hydroxylation is 2. The van der Waals surface area contributed by atoms with Crippen LogP contribution in [-0.4, -0.2) is 18.2 Å². The summed E-state index contributed by atoms with van der Waals surface area (Å²) in [6, 6.07) is 5.97. The van der Waals surface area contributed by atoms with Crippen molar-refractivity contribution in [2.24, 2.45) is 5.92 Å². The van der Waals surface area contributed by atoms with Gasteiger partial charge < -0.3 is 5.32 Å². The van der Waals surface area contributed by atoms with Gasteiger partial charge in [0.1, 0.15) is 0 Å². The van der Waals surface area contributed by atoms with Crippen LogP contribution in [-0.2, 0) is 17.6 Å². The van der Waals surface area contributed by atoms with Gasteiger partial charge in [0.25, 0.3) is 0 Å².